The van der Waals surface area contributed by atoms with Crippen molar-refractivity contribution in [1.29, 1.82) is 0 Å². The van der Waals surface area contributed by atoms with E-state index in [2.05, 4.69) is 6.58 Å². The Morgan fingerprint density at radius 3 is 2.75 bits per heavy atom. The van der Waals surface area contributed by atoms with Crippen molar-refractivity contribution in [2.75, 3.05) is 6.61 Å². The number of rotatable bonds is 2. The molecule has 0 aliphatic heterocycles. The fourth-order valence-corrected chi connectivity index (χ4v) is 1.42. The molecule has 0 saturated heterocycles. The molecule has 1 unspecified atom stereocenters. The van der Waals surface area contributed by atoms with E-state index in [0.29, 0.717) is 12.3 Å². The Balaban J connectivity index is 2.64. The molecular weight excluding hydrogens is 152 g/mol. The standard InChI is InChI=1S/C10H16O2/c1-8(2)9-3-5-10(12,7-11)6-4-9/h3,5,9,11-12H,1,4,6-7H2,2H3/t9-,10?/m0/s1. The van der Waals surface area contributed by atoms with Crippen LogP contribution in [-0.2, 0) is 0 Å². The zero-order chi connectivity index (χ0) is 9.19. The van der Waals surface area contributed by atoms with Crippen molar-refractivity contribution in [2.24, 2.45) is 5.92 Å². The van der Waals surface area contributed by atoms with Crippen LogP contribution in [0.4, 0.5) is 0 Å². The predicted octanol–water partition coefficient (Wildman–Crippen LogP) is 1.25. The summed E-state index contributed by atoms with van der Waals surface area (Å²) in [5.74, 6) is 0.372. The fraction of sp³-hybridized carbons (Fsp3) is 0.600. The summed E-state index contributed by atoms with van der Waals surface area (Å²) >= 11 is 0. The Morgan fingerprint density at radius 2 is 2.42 bits per heavy atom. The summed E-state index contributed by atoms with van der Waals surface area (Å²) in [6.45, 7) is 5.65. The van der Waals surface area contributed by atoms with Crippen LogP contribution in [0, 0.1) is 5.92 Å². The van der Waals surface area contributed by atoms with Crippen LogP contribution in [0.1, 0.15) is 19.8 Å². The van der Waals surface area contributed by atoms with Crippen LogP contribution in [0.2, 0.25) is 0 Å². The van der Waals surface area contributed by atoms with E-state index in [1.807, 2.05) is 13.0 Å². The van der Waals surface area contributed by atoms with Crippen molar-refractivity contribution in [2.45, 2.75) is 25.4 Å². The molecule has 2 nitrogen and oxygen atoms in total. The first kappa shape index (κ1) is 9.49. The van der Waals surface area contributed by atoms with Crippen molar-refractivity contribution >= 4 is 0 Å². The van der Waals surface area contributed by atoms with Gasteiger partial charge in [-0.2, -0.15) is 0 Å². The van der Waals surface area contributed by atoms with Crippen molar-refractivity contribution < 1.29 is 10.2 Å². The van der Waals surface area contributed by atoms with Gasteiger partial charge in [0.2, 0.25) is 0 Å². The highest BCUT2D eigenvalue weighted by Gasteiger charge is 2.27. The third-order valence-corrected chi connectivity index (χ3v) is 2.43. The van der Waals surface area contributed by atoms with Crippen LogP contribution in [0.15, 0.2) is 24.3 Å². The molecule has 0 spiro atoms. The normalized spacial score (nSPS) is 35.1. The van der Waals surface area contributed by atoms with Crippen LogP contribution in [0.25, 0.3) is 0 Å². The molecule has 68 valence electrons. The Morgan fingerprint density at radius 1 is 1.75 bits per heavy atom. The van der Waals surface area contributed by atoms with Crippen LogP contribution in [-0.4, -0.2) is 22.4 Å². The Labute approximate surface area is 73.2 Å². The number of aliphatic hydroxyl groups excluding tert-OH is 1. The van der Waals surface area contributed by atoms with Gasteiger partial charge >= 0.3 is 0 Å². The van der Waals surface area contributed by atoms with Crippen LogP contribution < -0.4 is 0 Å². The van der Waals surface area contributed by atoms with Gasteiger partial charge < -0.3 is 10.2 Å². The highest BCUT2D eigenvalue weighted by molar-refractivity contribution is 5.15. The number of hydrogen-bond donors (Lipinski definition) is 2. The van der Waals surface area contributed by atoms with Gasteiger partial charge in [-0.05, 0) is 25.7 Å². The topological polar surface area (TPSA) is 40.5 Å². The average molecular weight is 168 g/mol. The van der Waals surface area contributed by atoms with Gasteiger partial charge in [-0.15, -0.1) is 0 Å². The number of hydrogen-bond acceptors (Lipinski definition) is 2. The van der Waals surface area contributed by atoms with Gasteiger partial charge in [-0.25, -0.2) is 0 Å². The molecule has 2 atom stereocenters. The van der Waals surface area contributed by atoms with E-state index in [9.17, 15) is 5.11 Å². The molecule has 2 heteroatoms. The van der Waals surface area contributed by atoms with Crippen molar-refractivity contribution in [3.63, 3.8) is 0 Å². The highest BCUT2D eigenvalue weighted by Crippen LogP contribution is 2.28. The molecule has 1 aliphatic carbocycles. The third-order valence-electron chi connectivity index (χ3n) is 2.43. The summed E-state index contributed by atoms with van der Waals surface area (Å²) in [4.78, 5) is 0. The van der Waals surface area contributed by atoms with Gasteiger partial charge in [-0.3, -0.25) is 0 Å². The van der Waals surface area contributed by atoms with Gasteiger partial charge in [-0.1, -0.05) is 24.3 Å². The first-order valence-electron chi connectivity index (χ1n) is 4.25. The largest absolute Gasteiger partial charge is 0.393 e. The second-order valence-electron chi connectivity index (χ2n) is 3.61. The van der Waals surface area contributed by atoms with Gasteiger partial charge in [0.1, 0.15) is 5.60 Å². The average Bonchev–Trinajstić information content (AvgIpc) is 2.05. The molecule has 0 bridgehead atoms. The quantitative estimate of drug-likeness (QED) is 0.609. The van der Waals surface area contributed by atoms with Crippen molar-refractivity contribution in [3.05, 3.63) is 24.3 Å². The first-order chi connectivity index (χ1) is 5.57. The maximum atomic E-state index is 9.61. The second-order valence-corrected chi connectivity index (χ2v) is 3.61. The zero-order valence-corrected chi connectivity index (χ0v) is 7.45. The van der Waals surface area contributed by atoms with E-state index in [0.717, 1.165) is 12.0 Å². The molecule has 0 radical (unpaired) electrons. The highest BCUT2D eigenvalue weighted by atomic mass is 16.3. The van der Waals surface area contributed by atoms with E-state index in [4.69, 9.17) is 5.11 Å². The summed E-state index contributed by atoms with van der Waals surface area (Å²) in [5, 5.41) is 18.5. The summed E-state index contributed by atoms with van der Waals surface area (Å²) < 4.78 is 0. The van der Waals surface area contributed by atoms with Crippen molar-refractivity contribution in [3.8, 4) is 0 Å². The number of allylic oxidation sites excluding steroid dienone is 2. The summed E-state index contributed by atoms with van der Waals surface area (Å²) in [6, 6.07) is 0. The monoisotopic (exact) mass is 168 g/mol. The predicted molar refractivity (Wildman–Crippen MR) is 48.7 cm³/mol. The SMILES string of the molecule is C=C(C)[C@H]1C=CC(O)(CO)CC1. The molecule has 12 heavy (non-hydrogen) atoms. The Kier molecular flexibility index (Phi) is 2.70. The first-order valence-corrected chi connectivity index (χ1v) is 4.25. The van der Waals surface area contributed by atoms with Gasteiger partial charge in [0, 0.05) is 0 Å². The lowest BCUT2D eigenvalue weighted by Gasteiger charge is -2.29. The summed E-state index contributed by atoms with van der Waals surface area (Å²) in [6.07, 6.45) is 5.12. The molecule has 0 fully saturated rings. The van der Waals surface area contributed by atoms with Gasteiger partial charge in [0.05, 0.1) is 6.61 Å². The molecule has 1 rings (SSSR count). The maximum Gasteiger partial charge on any atom is 0.106 e. The molecule has 0 heterocycles. The zero-order valence-electron chi connectivity index (χ0n) is 7.45. The molecule has 0 amide bonds. The lowest BCUT2D eigenvalue weighted by molar-refractivity contribution is 0.0127. The van der Waals surface area contributed by atoms with Gasteiger partial charge in [0.15, 0.2) is 0 Å². The second kappa shape index (κ2) is 3.42. The van der Waals surface area contributed by atoms with Crippen LogP contribution in [0.5, 0.6) is 0 Å². The van der Waals surface area contributed by atoms with Crippen LogP contribution in [0.3, 0.4) is 0 Å². The summed E-state index contributed by atoms with van der Waals surface area (Å²) in [7, 11) is 0. The van der Waals surface area contributed by atoms with E-state index in [1.54, 1.807) is 6.08 Å². The minimum Gasteiger partial charge on any atom is -0.393 e. The molecule has 0 aromatic rings. The lowest BCUT2D eigenvalue weighted by Crippen LogP contribution is -2.33. The number of aliphatic hydroxyl groups is 2. The molecule has 0 aromatic heterocycles. The molecule has 0 aromatic carbocycles. The molecule has 0 saturated carbocycles. The maximum absolute atomic E-state index is 9.61. The summed E-state index contributed by atoms with van der Waals surface area (Å²) in [5.41, 5.74) is 0.137. The Bertz CT molecular complexity index is 208. The minimum atomic E-state index is -0.980. The van der Waals surface area contributed by atoms with Crippen molar-refractivity contribution in [1.82, 2.24) is 0 Å². The van der Waals surface area contributed by atoms with Gasteiger partial charge in [0.25, 0.3) is 0 Å². The lowest BCUT2D eigenvalue weighted by atomic mass is 9.83. The van der Waals surface area contributed by atoms with E-state index >= 15 is 0 Å². The molecule has 1 aliphatic rings. The minimum absolute atomic E-state index is 0.188. The smallest absolute Gasteiger partial charge is 0.106 e. The van der Waals surface area contributed by atoms with E-state index in [-0.39, 0.29) is 6.61 Å². The van der Waals surface area contributed by atoms with E-state index in [1.165, 1.54) is 0 Å². The van der Waals surface area contributed by atoms with E-state index < -0.39 is 5.60 Å². The molecule has 2 N–H and O–H groups in total. The van der Waals surface area contributed by atoms with Crippen LogP contribution >= 0.6 is 0 Å². The fourth-order valence-electron chi connectivity index (χ4n) is 1.42. The third kappa shape index (κ3) is 1.96. The molecular formula is C10H16O2. The Hall–Kier alpha value is -0.600.